The number of carbonyl (C=O) groups excluding carboxylic acids is 3. The third kappa shape index (κ3) is 19.2. The van der Waals surface area contributed by atoms with Gasteiger partial charge in [0, 0.05) is 55.2 Å². The number of unbranched alkanes of at least 4 members (excludes halogenated alkanes) is 3. The number of rotatable bonds is 16. The number of hydrogen-bond acceptors (Lipinski definition) is 5. The van der Waals surface area contributed by atoms with E-state index in [9.17, 15) is 14.4 Å². The summed E-state index contributed by atoms with van der Waals surface area (Å²) < 4.78 is 0. The number of thioether (sulfide) groups is 1. The summed E-state index contributed by atoms with van der Waals surface area (Å²) in [5.41, 5.74) is 1.02. The van der Waals surface area contributed by atoms with Crippen LogP contribution < -0.4 is 21.3 Å². The monoisotopic (exact) mass is 1010 g/mol. The van der Waals surface area contributed by atoms with Crippen molar-refractivity contribution in [1.29, 1.82) is 0 Å². The maximum absolute atomic E-state index is 12.0. The number of halogens is 1. The zero-order valence-corrected chi connectivity index (χ0v) is 38.2. The maximum atomic E-state index is 12.0. The van der Waals surface area contributed by atoms with Gasteiger partial charge in [-0.3, -0.25) is 9.59 Å². The molecule has 7 atom stereocenters. The van der Waals surface area contributed by atoms with E-state index in [2.05, 4.69) is 62.1 Å². The average molecular weight is 1010 g/mol. The Morgan fingerprint density at radius 3 is 1.74 bits per heavy atom. The molecule has 0 radical (unpaired) electrons. The number of aromatic amines is 1. The number of aromatic nitrogens is 2. The van der Waals surface area contributed by atoms with Crippen molar-refractivity contribution in [2.24, 2.45) is 0 Å². The fourth-order valence-corrected chi connectivity index (χ4v) is 10.1. The summed E-state index contributed by atoms with van der Waals surface area (Å²) >= 11 is 3.25. The predicted octanol–water partition coefficient (Wildman–Crippen LogP) is 7.84. The van der Waals surface area contributed by atoms with Crippen LogP contribution in [0, 0.1) is 0 Å². The van der Waals surface area contributed by atoms with Crippen molar-refractivity contribution >= 4 is 39.2 Å². The first-order chi connectivity index (χ1) is 28.0. The van der Waals surface area contributed by atoms with Gasteiger partial charge in [-0.2, -0.15) is 35.9 Å². The molecule has 6 aliphatic heterocycles. The van der Waals surface area contributed by atoms with Crippen LogP contribution in [0.4, 0.5) is 4.79 Å². The van der Waals surface area contributed by atoms with Crippen LogP contribution in [0.25, 0.3) is 21.3 Å². The van der Waals surface area contributed by atoms with E-state index in [1.165, 1.54) is 94.6 Å². The molecule has 7 unspecified atom stereocenters. The molecule has 0 aliphatic carbocycles. The van der Waals surface area contributed by atoms with Gasteiger partial charge in [0.25, 0.3) is 0 Å². The third-order valence-electron chi connectivity index (χ3n) is 11.7. The molecule has 6 aliphatic rings. The molecule has 5 N–H and O–H groups in total. The van der Waals surface area contributed by atoms with E-state index < -0.39 is 0 Å². The van der Waals surface area contributed by atoms with Crippen molar-refractivity contribution in [2.45, 2.75) is 176 Å². The SMILES string of the molecule is C1CCC(C2CCCC[N-]2)[N-]C1.C1CCC(C2CCCC[N-]2)[N-]C1.O=C(CCCCC1SCC2NC(=O)NC21)NCCCCCC(=O)NCCc1cnc[nH]1.[Cl][Os]. The number of nitrogens with one attached hydrogen (secondary N) is 5. The van der Waals surface area contributed by atoms with Crippen LogP contribution in [-0.2, 0) is 33.6 Å². The molecule has 7 heterocycles. The van der Waals surface area contributed by atoms with E-state index >= 15 is 0 Å². The summed E-state index contributed by atoms with van der Waals surface area (Å²) in [6.45, 7) is 5.66. The van der Waals surface area contributed by atoms with Gasteiger partial charge in [-0.1, -0.05) is 89.9 Å². The molecule has 0 spiro atoms. The Morgan fingerprint density at radius 1 is 0.719 bits per heavy atom. The normalized spacial score (nSPS) is 28.0. The van der Waals surface area contributed by atoms with Crippen LogP contribution in [0.3, 0.4) is 0 Å². The van der Waals surface area contributed by atoms with E-state index in [1.807, 2.05) is 11.8 Å². The number of nitrogens with zero attached hydrogens (tertiary/aromatic N) is 5. The Kier molecular flexibility index (Phi) is 25.1. The van der Waals surface area contributed by atoms with Gasteiger partial charge in [0.2, 0.25) is 11.8 Å². The van der Waals surface area contributed by atoms with Crippen molar-refractivity contribution < 1.29 is 32.0 Å². The number of fused-ring (bicyclic) bond motifs is 1. The molecule has 1 aromatic heterocycles. The average Bonchev–Trinajstić information content (AvgIpc) is 4.02. The quantitative estimate of drug-likeness (QED) is 0.0834. The van der Waals surface area contributed by atoms with Crippen molar-refractivity contribution in [3.8, 4) is 0 Å². The molecule has 13 nitrogen and oxygen atoms in total. The zero-order valence-electron chi connectivity index (χ0n) is 34.1. The number of carbonyl (C=O) groups is 3. The molecule has 0 aromatic carbocycles. The van der Waals surface area contributed by atoms with Gasteiger partial charge in [-0.25, -0.2) is 9.78 Å². The van der Waals surface area contributed by atoms with Crippen LogP contribution >= 0.6 is 21.4 Å². The second-order valence-corrected chi connectivity index (χ2v) is 17.4. The molecular weight excluding hydrogens is 938 g/mol. The zero-order chi connectivity index (χ0) is 40.3. The number of piperidine rings is 4. The fourth-order valence-electron chi connectivity index (χ4n) is 8.53. The Hall–Kier alpha value is -1.46. The van der Waals surface area contributed by atoms with Crippen LogP contribution in [0.2, 0.25) is 0 Å². The van der Waals surface area contributed by atoms with E-state index in [0.29, 0.717) is 55.3 Å². The van der Waals surface area contributed by atoms with E-state index in [-0.39, 0.29) is 29.9 Å². The van der Waals surface area contributed by atoms with E-state index in [4.69, 9.17) is 0 Å². The first-order valence-corrected chi connectivity index (χ1v) is 26.2. The van der Waals surface area contributed by atoms with Crippen molar-refractivity contribution in [1.82, 2.24) is 31.2 Å². The Balaban J connectivity index is 0.000000224. The Morgan fingerprint density at radius 2 is 1.25 bits per heavy atom. The van der Waals surface area contributed by atoms with Crippen LogP contribution in [-0.4, -0.2) is 114 Å². The van der Waals surface area contributed by atoms with Crippen LogP contribution in [0.1, 0.15) is 134 Å². The number of amides is 4. The summed E-state index contributed by atoms with van der Waals surface area (Å²) in [6, 6.07) is 2.84. The molecule has 16 heteroatoms. The molecule has 6 fully saturated rings. The molecule has 6 saturated heterocycles. The van der Waals surface area contributed by atoms with E-state index in [0.717, 1.165) is 82.6 Å². The van der Waals surface area contributed by atoms with Gasteiger partial charge in [-0.15, -0.1) is 26.2 Å². The summed E-state index contributed by atoms with van der Waals surface area (Å²) in [5, 5.41) is 30.9. The van der Waals surface area contributed by atoms with Gasteiger partial charge >= 0.3 is 33.3 Å². The summed E-state index contributed by atoms with van der Waals surface area (Å²) in [5.74, 6) is 1.15. The molecule has 0 saturated carbocycles. The molecule has 4 amide bonds. The molecule has 1 aromatic rings. The van der Waals surface area contributed by atoms with Crippen molar-refractivity contribution in [3.63, 3.8) is 0 Å². The van der Waals surface area contributed by atoms with E-state index in [1.54, 1.807) is 12.5 Å². The van der Waals surface area contributed by atoms with Gasteiger partial charge in [-0.05, 0) is 25.7 Å². The van der Waals surface area contributed by atoms with Crippen molar-refractivity contribution in [2.75, 3.05) is 45.0 Å². The topological polar surface area (TPSA) is 184 Å². The number of imidazole rings is 1. The first-order valence-electron chi connectivity index (χ1n) is 22.0. The van der Waals surface area contributed by atoms with Crippen LogP contribution in [0.15, 0.2) is 12.5 Å². The Bertz CT molecular complexity index is 1150. The fraction of sp³-hybridized carbons (Fsp3) is 0.854. The number of urea groups is 1. The summed E-state index contributed by atoms with van der Waals surface area (Å²) in [7, 11) is 4.67. The second kappa shape index (κ2) is 29.7. The first kappa shape index (κ1) is 48.2. The predicted molar refractivity (Wildman–Crippen MR) is 230 cm³/mol. The third-order valence-corrected chi connectivity index (χ3v) is 13.2. The second-order valence-electron chi connectivity index (χ2n) is 16.1. The standard InChI is InChI=1S/C21H34N6O3S.2C10H18N2.ClH.Os/c28-18(8-4-3-6-17-20-16(13-31-17)26-21(30)27-20)23-10-5-1-2-7-19(29)24-11-9-15-12-22-14-25-15;2*1-3-7-11-9(5-1)10-6-2-4-8-12-10;;/h12,14,16-17,20H,1-11,13H2,(H,22,25)(H,23,28)(H,24,29)(H2,26,27,30);2*9-10H,1-8H2;1H;/q;2*-2;;+1/p-1. The van der Waals surface area contributed by atoms with Gasteiger partial charge in [0.15, 0.2) is 0 Å². The minimum absolute atomic E-state index is 0.0504. The molecule has 327 valence electrons. The minimum atomic E-state index is -0.0504. The molecule has 0 bridgehead atoms. The Labute approximate surface area is 361 Å². The number of H-pyrrole nitrogens is 1. The molecule has 7 rings (SSSR count). The molecule has 57 heavy (non-hydrogen) atoms. The van der Waals surface area contributed by atoms with Crippen LogP contribution in [0.5, 0.6) is 0 Å². The van der Waals surface area contributed by atoms with Gasteiger partial charge in [0.1, 0.15) is 0 Å². The summed E-state index contributed by atoms with van der Waals surface area (Å²) in [6.07, 6.45) is 26.7. The van der Waals surface area contributed by atoms with Crippen molar-refractivity contribution in [3.05, 3.63) is 39.5 Å². The molecular formula is C41H70ClN10O3OsS-4. The van der Waals surface area contributed by atoms with Gasteiger partial charge in [0.05, 0.1) is 18.4 Å². The summed E-state index contributed by atoms with van der Waals surface area (Å²) in [4.78, 5) is 42.1. The van der Waals surface area contributed by atoms with Gasteiger partial charge < -0.3 is 47.5 Å². The number of hydrogen-bond donors (Lipinski definition) is 5.